The summed E-state index contributed by atoms with van der Waals surface area (Å²) in [7, 11) is 0. The highest BCUT2D eigenvalue weighted by Crippen LogP contribution is 2.27. The lowest BCUT2D eigenvalue weighted by Gasteiger charge is -2.15. The van der Waals surface area contributed by atoms with E-state index in [-0.39, 0.29) is 0 Å². The highest BCUT2D eigenvalue weighted by molar-refractivity contribution is 7.13. The van der Waals surface area contributed by atoms with Crippen LogP contribution in [0.3, 0.4) is 0 Å². The third kappa shape index (κ3) is 1.91. The maximum absolute atomic E-state index is 4.64. The average Bonchev–Trinajstić information content (AvgIpc) is 3.14. The lowest BCUT2D eigenvalue weighted by molar-refractivity contribution is 0.508. The van der Waals surface area contributed by atoms with Gasteiger partial charge in [0.25, 0.3) is 0 Å². The van der Waals surface area contributed by atoms with E-state index >= 15 is 0 Å². The summed E-state index contributed by atoms with van der Waals surface area (Å²) in [5.41, 5.74) is 1.76. The Hall–Kier alpha value is -2.12. The number of rotatable bonds is 2. The van der Waals surface area contributed by atoms with Crippen molar-refractivity contribution in [3.63, 3.8) is 0 Å². The van der Waals surface area contributed by atoms with E-state index in [1.54, 1.807) is 17.5 Å². The Morgan fingerprint density at radius 3 is 3.10 bits per heavy atom. The van der Waals surface area contributed by atoms with Crippen molar-refractivity contribution < 1.29 is 0 Å². The van der Waals surface area contributed by atoms with Crippen LogP contribution in [0.4, 0.5) is 0 Å². The molecular formula is C13H12N6S. The van der Waals surface area contributed by atoms with Gasteiger partial charge >= 0.3 is 0 Å². The van der Waals surface area contributed by atoms with E-state index in [1.165, 1.54) is 0 Å². The Balaban J connectivity index is 1.74. The molecule has 3 aromatic rings. The van der Waals surface area contributed by atoms with E-state index in [0.717, 1.165) is 47.7 Å². The first-order valence-electron chi connectivity index (χ1n) is 6.42. The van der Waals surface area contributed by atoms with Gasteiger partial charge in [-0.3, -0.25) is 4.98 Å². The van der Waals surface area contributed by atoms with Crippen molar-refractivity contribution in [3.8, 4) is 22.2 Å². The van der Waals surface area contributed by atoms with Gasteiger partial charge in [-0.15, -0.1) is 21.5 Å². The van der Waals surface area contributed by atoms with Crippen molar-refractivity contribution in [2.24, 2.45) is 0 Å². The summed E-state index contributed by atoms with van der Waals surface area (Å²) in [5, 5.41) is 14.7. The molecule has 1 aliphatic rings. The minimum absolute atomic E-state index is 0.768. The molecule has 0 amide bonds. The highest BCUT2D eigenvalue weighted by Gasteiger charge is 2.18. The summed E-state index contributed by atoms with van der Waals surface area (Å²) in [5.74, 6) is 1.82. The Kier molecular flexibility index (Phi) is 2.79. The molecular weight excluding hydrogens is 272 g/mol. The first-order chi connectivity index (χ1) is 9.92. The van der Waals surface area contributed by atoms with Crippen molar-refractivity contribution in [1.82, 2.24) is 30.0 Å². The maximum Gasteiger partial charge on any atom is 0.183 e. The first-order valence-corrected chi connectivity index (χ1v) is 7.30. The molecule has 0 unspecified atom stereocenters. The fourth-order valence-electron chi connectivity index (χ4n) is 2.26. The van der Waals surface area contributed by atoms with Gasteiger partial charge in [0.15, 0.2) is 5.82 Å². The van der Waals surface area contributed by atoms with Crippen LogP contribution in [0.2, 0.25) is 0 Å². The monoisotopic (exact) mass is 284 g/mol. The molecule has 1 N–H and O–H groups in total. The molecule has 100 valence electrons. The molecule has 0 saturated heterocycles. The van der Waals surface area contributed by atoms with Gasteiger partial charge < -0.3 is 9.88 Å². The van der Waals surface area contributed by atoms with E-state index in [9.17, 15) is 0 Å². The Labute approximate surface area is 119 Å². The third-order valence-corrected chi connectivity index (χ3v) is 4.10. The molecule has 0 spiro atoms. The fourth-order valence-corrected chi connectivity index (χ4v) is 3.04. The van der Waals surface area contributed by atoms with Gasteiger partial charge in [0.05, 0.1) is 12.2 Å². The topological polar surface area (TPSA) is 68.5 Å². The second-order valence-corrected chi connectivity index (χ2v) is 5.38. The molecule has 4 rings (SSSR count). The van der Waals surface area contributed by atoms with E-state index < -0.39 is 0 Å². The van der Waals surface area contributed by atoms with Crippen LogP contribution in [-0.2, 0) is 13.1 Å². The van der Waals surface area contributed by atoms with Gasteiger partial charge in [0, 0.05) is 24.7 Å². The quantitative estimate of drug-likeness (QED) is 0.773. The van der Waals surface area contributed by atoms with Crippen LogP contribution in [0.1, 0.15) is 5.82 Å². The van der Waals surface area contributed by atoms with Gasteiger partial charge in [-0.2, -0.15) is 0 Å². The van der Waals surface area contributed by atoms with Crippen molar-refractivity contribution in [1.29, 1.82) is 0 Å². The van der Waals surface area contributed by atoms with Gasteiger partial charge in [-0.1, -0.05) is 6.07 Å². The summed E-state index contributed by atoms with van der Waals surface area (Å²) in [6.07, 6.45) is 1.78. The molecule has 0 radical (unpaired) electrons. The second kappa shape index (κ2) is 4.77. The number of thiazole rings is 1. The number of pyridine rings is 1. The summed E-state index contributed by atoms with van der Waals surface area (Å²) < 4.78 is 2.13. The number of nitrogens with zero attached hydrogens (tertiary/aromatic N) is 5. The largest absolute Gasteiger partial charge is 0.308 e. The minimum atomic E-state index is 0.768. The standard InChI is InChI=1S/C13H12N6S/c1-2-4-15-9(3-1)13-16-10(8-20-13)12-18-17-11-7-14-5-6-19(11)12/h1-4,8,14H,5-7H2. The van der Waals surface area contributed by atoms with Crippen molar-refractivity contribution >= 4 is 11.3 Å². The number of nitrogens with one attached hydrogen (secondary N) is 1. The third-order valence-electron chi connectivity index (χ3n) is 3.24. The number of aromatic nitrogens is 5. The zero-order chi connectivity index (χ0) is 13.4. The molecule has 0 aliphatic carbocycles. The molecule has 0 fully saturated rings. The molecule has 20 heavy (non-hydrogen) atoms. The number of hydrogen-bond donors (Lipinski definition) is 1. The number of hydrogen-bond acceptors (Lipinski definition) is 6. The summed E-state index contributed by atoms with van der Waals surface area (Å²) in [4.78, 5) is 8.97. The predicted octanol–water partition coefficient (Wildman–Crippen LogP) is 1.57. The lowest BCUT2D eigenvalue weighted by atomic mass is 10.3. The van der Waals surface area contributed by atoms with Crippen LogP contribution in [0.25, 0.3) is 22.2 Å². The Bertz CT molecular complexity index is 732. The summed E-state index contributed by atoms with van der Waals surface area (Å²) >= 11 is 1.58. The zero-order valence-corrected chi connectivity index (χ0v) is 11.5. The van der Waals surface area contributed by atoms with E-state index in [2.05, 4.69) is 30.0 Å². The van der Waals surface area contributed by atoms with E-state index in [1.807, 2.05) is 23.6 Å². The minimum Gasteiger partial charge on any atom is -0.308 e. The summed E-state index contributed by atoms with van der Waals surface area (Å²) in [6.45, 7) is 2.59. The molecule has 4 heterocycles. The molecule has 0 aromatic carbocycles. The summed E-state index contributed by atoms with van der Waals surface area (Å²) in [6, 6.07) is 5.83. The molecule has 1 aliphatic heterocycles. The molecule has 0 saturated carbocycles. The van der Waals surface area contributed by atoms with E-state index in [0.29, 0.717) is 0 Å². The predicted molar refractivity (Wildman–Crippen MR) is 76.1 cm³/mol. The number of fused-ring (bicyclic) bond motifs is 1. The average molecular weight is 284 g/mol. The highest BCUT2D eigenvalue weighted by atomic mass is 32.1. The molecule has 7 heteroatoms. The zero-order valence-electron chi connectivity index (χ0n) is 10.7. The fraction of sp³-hybridized carbons (Fsp3) is 0.231. The molecule has 6 nitrogen and oxygen atoms in total. The normalized spacial score (nSPS) is 14.2. The van der Waals surface area contributed by atoms with Crippen LogP contribution in [0.5, 0.6) is 0 Å². The lowest BCUT2D eigenvalue weighted by Crippen LogP contribution is -2.28. The smallest absolute Gasteiger partial charge is 0.183 e. The van der Waals surface area contributed by atoms with Gasteiger partial charge in [-0.05, 0) is 12.1 Å². The van der Waals surface area contributed by atoms with Crippen molar-refractivity contribution in [2.45, 2.75) is 13.1 Å². The van der Waals surface area contributed by atoms with Crippen LogP contribution in [0, 0.1) is 0 Å². The molecule has 0 bridgehead atoms. The van der Waals surface area contributed by atoms with Gasteiger partial charge in [0.2, 0.25) is 0 Å². The van der Waals surface area contributed by atoms with Gasteiger partial charge in [-0.25, -0.2) is 4.98 Å². The van der Waals surface area contributed by atoms with Crippen molar-refractivity contribution in [3.05, 3.63) is 35.6 Å². The van der Waals surface area contributed by atoms with E-state index in [4.69, 9.17) is 0 Å². The molecule has 3 aromatic heterocycles. The van der Waals surface area contributed by atoms with Crippen LogP contribution < -0.4 is 5.32 Å². The van der Waals surface area contributed by atoms with Crippen LogP contribution in [-0.4, -0.2) is 31.3 Å². The first kappa shape index (κ1) is 11.7. The Morgan fingerprint density at radius 2 is 2.20 bits per heavy atom. The Morgan fingerprint density at radius 1 is 1.20 bits per heavy atom. The van der Waals surface area contributed by atoms with Crippen LogP contribution in [0.15, 0.2) is 29.8 Å². The van der Waals surface area contributed by atoms with Crippen LogP contribution >= 0.6 is 11.3 Å². The van der Waals surface area contributed by atoms with Gasteiger partial charge in [0.1, 0.15) is 16.5 Å². The second-order valence-electron chi connectivity index (χ2n) is 4.52. The maximum atomic E-state index is 4.64. The molecule has 0 atom stereocenters. The SMILES string of the molecule is c1ccc(-c2nc(-c3nnc4n3CCNC4)cs2)nc1. The van der Waals surface area contributed by atoms with Crippen molar-refractivity contribution in [2.75, 3.05) is 6.54 Å².